The highest BCUT2D eigenvalue weighted by molar-refractivity contribution is 9.10. The molecule has 0 spiro atoms. The molecule has 2 atom stereocenters. The van der Waals surface area contributed by atoms with Crippen LogP contribution in [0.15, 0.2) is 33.6 Å². The first kappa shape index (κ1) is 14.9. The highest BCUT2D eigenvalue weighted by atomic mass is 79.9. The normalized spacial score (nSPS) is 26.5. The minimum atomic E-state index is -0.502. The molecule has 0 saturated heterocycles. The molecule has 1 aliphatic rings. The predicted octanol–water partition coefficient (Wildman–Crippen LogP) is 2.93. The minimum absolute atomic E-state index is 0.216. The van der Waals surface area contributed by atoms with Crippen molar-refractivity contribution in [3.05, 3.63) is 28.7 Å². The number of amides is 1. The van der Waals surface area contributed by atoms with Gasteiger partial charge in [-0.25, -0.2) is 0 Å². The largest absolute Gasteiger partial charge is 0.368 e. The Morgan fingerprint density at radius 2 is 2.42 bits per heavy atom. The molecular weight excluding hydrogens is 324 g/mol. The number of benzene rings is 1. The van der Waals surface area contributed by atoms with Crippen LogP contribution < -0.4 is 11.1 Å². The SMILES string of the molecule is CCNC1(C(N)=O)CCC(Sc2cccc(Br)c2)C1. The van der Waals surface area contributed by atoms with Crippen molar-refractivity contribution >= 4 is 33.6 Å². The highest BCUT2D eigenvalue weighted by Gasteiger charge is 2.43. The van der Waals surface area contributed by atoms with E-state index in [4.69, 9.17) is 5.73 Å². The van der Waals surface area contributed by atoms with E-state index >= 15 is 0 Å². The number of nitrogens with two attached hydrogens (primary N) is 1. The molecule has 1 amide bonds. The van der Waals surface area contributed by atoms with E-state index in [-0.39, 0.29) is 5.91 Å². The Morgan fingerprint density at radius 3 is 3.05 bits per heavy atom. The molecular formula is C14H19BrN2OS. The van der Waals surface area contributed by atoms with E-state index in [1.54, 1.807) is 0 Å². The van der Waals surface area contributed by atoms with Gasteiger partial charge in [-0.15, -0.1) is 11.8 Å². The Balaban J connectivity index is 2.03. The fourth-order valence-electron chi connectivity index (χ4n) is 2.64. The van der Waals surface area contributed by atoms with Gasteiger partial charge in [-0.1, -0.05) is 28.9 Å². The molecule has 0 heterocycles. The van der Waals surface area contributed by atoms with E-state index in [0.29, 0.717) is 5.25 Å². The van der Waals surface area contributed by atoms with Gasteiger partial charge in [-0.05, 0) is 44.0 Å². The molecule has 3 N–H and O–H groups in total. The molecule has 0 radical (unpaired) electrons. The van der Waals surface area contributed by atoms with Crippen LogP contribution in [0.3, 0.4) is 0 Å². The van der Waals surface area contributed by atoms with E-state index in [2.05, 4.69) is 33.4 Å². The molecule has 1 fully saturated rings. The average molecular weight is 343 g/mol. The Morgan fingerprint density at radius 1 is 1.63 bits per heavy atom. The summed E-state index contributed by atoms with van der Waals surface area (Å²) in [6.07, 6.45) is 2.67. The van der Waals surface area contributed by atoms with Crippen molar-refractivity contribution in [3.63, 3.8) is 0 Å². The van der Waals surface area contributed by atoms with Gasteiger partial charge in [0, 0.05) is 14.6 Å². The molecule has 1 saturated carbocycles. The molecule has 1 aromatic carbocycles. The molecule has 5 heteroatoms. The molecule has 3 nitrogen and oxygen atoms in total. The van der Waals surface area contributed by atoms with E-state index in [0.717, 1.165) is 30.3 Å². The van der Waals surface area contributed by atoms with E-state index in [9.17, 15) is 4.79 Å². The minimum Gasteiger partial charge on any atom is -0.368 e. The van der Waals surface area contributed by atoms with Gasteiger partial charge >= 0.3 is 0 Å². The number of thioether (sulfide) groups is 1. The molecule has 0 aromatic heterocycles. The lowest BCUT2D eigenvalue weighted by molar-refractivity contribution is -0.124. The number of primary amides is 1. The van der Waals surface area contributed by atoms with Gasteiger partial charge in [0.25, 0.3) is 0 Å². The van der Waals surface area contributed by atoms with Crippen LogP contribution in [0, 0.1) is 0 Å². The molecule has 1 aromatic rings. The lowest BCUT2D eigenvalue weighted by Gasteiger charge is -2.26. The summed E-state index contributed by atoms with van der Waals surface area (Å²) < 4.78 is 1.09. The van der Waals surface area contributed by atoms with Crippen molar-refractivity contribution < 1.29 is 4.79 Å². The number of likely N-dealkylation sites (N-methyl/N-ethyl adjacent to an activating group) is 1. The predicted molar refractivity (Wildman–Crippen MR) is 83.2 cm³/mol. The van der Waals surface area contributed by atoms with Crippen LogP contribution in [0.25, 0.3) is 0 Å². The van der Waals surface area contributed by atoms with Crippen LogP contribution in [0.4, 0.5) is 0 Å². The first-order valence-corrected chi connectivity index (χ1v) is 8.20. The molecule has 0 bridgehead atoms. The summed E-state index contributed by atoms with van der Waals surface area (Å²) >= 11 is 5.32. The summed E-state index contributed by atoms with van der Waals surface area (Å²) in [5, 5.41) is 3.73. The maximum absolute atomic E-state index is 11.7. The van der Waals surface area contributed by atoms with Gasteiger partial charge in [0.05, 0.1) is 5.54 Å². The van der Waals surface area contributed by atoms with Crippen LogP contribution in [0.2, 0.25) is 0 Å². The number of nitrogens with one attached hydrogen (secondary N) is 1. The van der Waals surface area contributed by atoms with E-state index < -0.39 is 5.54 Å². The summed E-state index contributed by atoms with van der Waals surface area (Å²) in [6.45, 7) is 2.79. The van der Waals surface area contributed by atoms with Gasteiger partial charge in [0.1, 0.15) is 0 Å². The second-order valence-corrected chi connectivity index (χ2v) is 7.21. The van der Waals surface area contributed by atoms with Gasteiger partial charge in [-0.2, -0.15) is 0 Å². The summed E-state index contributed by atoms with van der Waals surface area (Å²) in [4.78, 5) is 12.9. The Bertz CT molecular complexity index is 469. The summed E-state index contributed by atoms with van der Waals surface area (Å²) in [5.41, 5.74) is 5.08. The lowest BCUT2D eigenvalue weighted by atomic mass is 9.97. The average Bonchev–Trinajstić information content (AvgIpc) is 2.74. The number of hydrogen-bond acceptors (Lipinski definition) is 3. The zero-order valence-electron chi connectivity index (χ0n) is 11.0. The van der Waals surface area contributed by atoms with Gasteiger partial charge in [0.2, 0.25) is 5.91 Å². The van der Waals surface area contributed by atoms with Crippen LogP contribution in [-0.4, -0.2) is 23.2 Å². The highest BCUT2D eigenvalue weighted by Crippen LogP contribution is 2.40. The third-order valence-electron chi connectivity index (χ3n) is 3.55. The smallest absolute Gasteiger partial charge is 0.237 e. The summed E-state index contributed by atoms with van der Waals surface area (Å²) in [7, 11) is 0. The standard InChI is InChI=1S/C14H19BrN2OS/c1-2-17-14(13(16)18)7-6-12(9-14)19-11-5-3-4-10(15)8-11/h3-5,8,12,17H,2,6-7,9H2,1H3,(H2,16,18). The van der Waals surface area contributed by atoms with Crippen molar-refractivity contribution in [1.82, 2.24) is 5.32 Å². The monoisotopic (exact) mass is 342 g/mol. The molecule has 0 aliphatic heterocycles. The Kier molecular flexibility index (Phi) is 4.92. The van der Waals surface area contributed by atoms with Crippen molar-refractivity contribution in [2.24, 2.45) is 5.73 Å². The summed E-state index contributed by atoms with van der Waals surface area (Å²) in [6, 6.07) is 8.27. The second kappa shape index (κ2) is 6.29. The Hall–Kier alpha value is -0.520. The lowest BCUT2D eigenvalue weighted by Crippen LogP contribution is -2.53. The van der Waals surface area contributed by atoms with Gasteiger partial charge < -0.3 is 11.1 Å². The first-order chi connectivity index (χ1) is 9.05. The second-order valence-electron chi connectivity index (χ2n) is 4.92. The molecule has 2 rings (SSSR count). The van der Waals surface area contributed by atoms with E-state index in [1.807, 2.05) is 30.8 Å². The van der Waals surface area contributed by atoms with Crippen molar-refractivity contribution in [2.45, 2.75) is 41.9 Å². The zero-order chi connectivity index (χ0) is 13.9. The number of hydrogen-bond donors (Lipinski definition) is 2. The van der Waals surface area contributed by atoms with Crippen molar-refractivity contribution in [1.29, 1.82) is 0 Å². The maximum Gasteiger partial charge on any atom is 0.237 e. The van der Waals surface area contributed by atoms with Crippen LogP contribution >= 0.6 is 27.7 Å². The van der Waals surface area contributed by atoms with Crippen LogP contribution in [0.1, 0.15) is 26.2 Å². The fourth-order valence-corrected chi connectivity index (χ4v) is 4.53. The fraction of sp³-hybridized carbons (Fsp3) is 0.500. The van der Waals surface area contributed by atoms with Crippen LogP contribution in [0.5, 0.6) is 0 Å². The van der Waals surface area contributed by atoms with Crippen molar-refractivity contribution in [3.8, 4) is 0 Å². The number of carbonyl (C=O) groups is 1. The number of rotatable bonds is 5. The summed E-state index contributed by atoms with van der Waals surface area (Å²) in [5.74, 6) is -0.216. The first-order valence-electron chi connectivity index (χ1n) is 6.53. The van der Waals surface area contributed by atoms with Gasteiger partial charge in [0.15, 0.2) is 0 Å². The zero-order valence-corrected chi connectivity index (χ0v) is 13.4. The maximum atomic E-state index is 11.7. The third kappa shape index (κ3) is 3.52. The van der Waals surface area contributed by atoms with Crippen LogP contribution in [-0.2, 0) is 4.79 Å². The third-order valence-corrected chi connectivity index (χ3v) is 5.31. The number of halogens is 1. The molecule has 2 unspecified atom stereocenters. The van der Waals surface area contributed by atoms with E-state index in [1.165, 1.54) is 4.90 Å². The topological polar surface area (TPSA) is 55.1 Å². The quantitative estimate of drug-likeness (QED) is 0.864. The van der Waals surface area contributed by atoms with Gasteiger partial charge in [-0.3, -0.25) is 4.79 Å². The molecule has 104 valence electrons. The Labute approximate surface area is 126 Å². The molecule has 19 heavy (non-hydrogen) atoms. The van der Waals surface area contributed by atoms with Crippen molar-refractivity contribution in [2.75, 3.05) is 6.54 Å². The molecule has 1 aliphatic carbocycles. The number of carbonyl (C=O) groups excluding carboxylic acids is 1.